The lowest BCUT2D eigenvalue weighted by atomic mass is 9.49. The number of nitrogens with one attached hydrogen (secondary N) is 1. The van der Waals surface area contributed by atoms with Gasteiger partial charge in [-0.3, -0.25) is 4.79 Å². The molecule has 0 spiro atoms. The van der Waals surface area contributed by atoms with Crippen molar-refractivity contribution in [1.82, 2.24) is 5.32 Å². The number of hydrogen-bond donors (Lipinski definition) is 1. The monoisotopic (exact) mass is 387 g/mol. The molecule has 1 aromatic rings. The molecule has 4 bridgehead atoms. The van der Waals surface area contributed by atoms with E-state index in [2.05, 4.69) is 5.32 Å². The molecule has 6 heteroatoms. The number of carbonyl (C=O) groups excluding carboxylic acids is 2. The Morgan fingerprint density at radius 3 is 2.18 bits per heavy atom. The molecule has 4 fully saturated rings. The molecule has 0 aliphatic heterocycles. The van der Waals surface area contributed by atoms with Crippen LogP contribution in [0.1, 0.15) is 48.9 Å². The van der Waals surface area contributed by atoms with Crippen LogP contribution in [0.4, 0.5) is 0 Å². The number of rotatable bonds is 7. The van der Waals surface area contributed by atoms with Gasteiger partial charge >= 0.3 is 5.97 Å². The molecule has 0 unspecified atom stereocenters. The normalized spacial score (nSPS) is 30.0. The van der Waals surface area contributed by atoms with Crippen LogP contribution in [0.2, 0.25) is 0 Å². The molecule has 0 atom stereocenters. The zero-order chi connectivity index (χ0) is 19.7. The summed E-state index contributed by atoms with van der Waals surface area (Å²) >= 11 is 0. The van der Waals surface area contributed by atoms with Gasteiger partial charge < -0.3 is 19.5 Å². The van der Waals surface area contributed by atoms with Crippen molar-refractivity contribution in [2.45, 2.75) is 38.5 Å². The fourth-order valence-corrected chi connectivity index (χ4v) is 6.02. The summed E-state index contributed by atoms with van der Waals surface area (Å²) in [5, 5.41) is 3.03. The van der Waals surface area contributed by atoms with Crippen molar-refractivity contribution in [2.75, 3.05) is 27.4 Å². The molecule has 0 radical (unpaired) electrons. The average molecular weight is 387 g/mol. The van der Waals surface area contributed by atoms with Crippen LogP contribution in [0.3, 0.4) is 0 Å². The first-order valence-electron chi connectivity index (χ1n) is 10.2. The molecule has 5 rings (SSSR count). The van der Waals surface area contributed by atoms with Gasteiger partial charge in [-0.05, 0) is 79.9 Å². The highest BCUT2D eigenvalue weighted by molar-refractivity contribution is 5.92. The Labute approximate surface area is 165 Å². The predicted octanol–water partition coefficient (Wildman–Crippen LogP) is 3.19. The van der Waals surface area contributed by atoms with E-state index in [0.29, 0.717) is 23.6 Å². The second-order valence-electron chi connectivity index (χ2n) is 8.84. The molecule has 4 saturated carbocycles. The number of benzene rings is 1. The summed E-state index contributed by atoms with van der Waals surface area (Å²) in [6.07, 6.45) is 7.88. The van der Waals surface area contributed by atoms with Crippen LogP contribution in [0.15, 0.2) is 18.2 Å². The summed E-state index contributed by atoms with van der Waals surface area (Å²) in [6, 6.07) is 4.79. The van der Waals surface area contributed by atoms with Crippen molar-refractivity contribution in [2.24, 2.45) is 23.2 Å². The molecule has 4 aliphatic carbocycles. The van der Waals surface area contributed by atoms with Crippen molar-refractivity contribution in [1.29, 1.82) is 0 Å². The van der Waals surface area contributed by atoms with Crippen LogP contribution in [-0.2, 0) is 9.53 Å². The molecule has 0 aromatic heterocycles. The lowest BCUT2D eigenvalue weighted by Crippen LogP contribution is -2.51. The molecule has 28 heavy (non-hydrogen) atoms. The lowest BCUT2D eigenvalue weighted by Gasteiger charge is -2.56. The summed E-state index contributed by atoms with van der Waals surface area (Å²) < 4.78 is 15.5. The van der Waals surface area contributed by atoms with Crippen LogP contribution in [0.5, 0.6) is 11.5 Å². The quantitative estimate of drug-likeness (QED) is 0.728. The Bertz CT molecular complexity index is 724. The minimum atomic E-state index is -0.550. The average Bonchev–Trinajstić information content (AvgIpc) is 2.69. The Morgan fingerprint density at radius 2 is 1.61 bits per heavy atom. The van der Waals surface area contributed by atoms with E-state index in [1.54, 1.807) is 18.2 Å². The topological polar surface area (TPSA) is 73.9 Å². The van der Waals surface area contributed by atoms with Crippen molar-refractivity contribution in [3.63, 3.8) is 0 Å². The molecule has 1 amide bonds. The molecular weight excluding hydrogens is 358 g/mol. The first-order chi connectivity index (χ1) is 13.5. The van der Waals surface area contributed by atoms with E-state index in [1.165, 1.54) is 52.7 Å². The third-order valence-electron chi connectivity index (χ3n) is 6.78. The predicted molar refractivity (Wildman–Crippen MR) is 103 cm³/mol. The van der Waals surface area contributed by atoms with Gasteiger partial charge in [0.15, 0.2) is 18.1 Å². The molecule has 6 nitrogen and oxygen atoms in total. The highest BCUT2D eigenvalue weighted by Crippen LogP contribution is 2.59. The molecule has 1 aromatic carbocycles. The molecule has 0 saturated heterocycles. The van der Waals surface area contributed by atoms with Gasteiger partial charge in [-0.1, -0.05) is 0 Å². The number of hydrogen-bond acceptors (Lipinski definition) is 5. The minimum Gasteiger partial charge on any atom is -0.493 e. The van der Waals surface area contributed by atoms with Gasteiger partial charge in [0, 0.05) is 6.54 Å². The summed E-state index contributed by atoms with van der Waals surface area (Å²) in [5.74, 6) is 2.76. The van der Waals surface area contributed by atoms with Gasteiger partial charge in [-0.25, -0.2) is 4.79 Å². The fourth-order valence-electron chi connectivity index (χ4n) is 6.02. The number of ether oxygens (including phenoxy) is 3. The van der Waals surface area contributed by atoms with Crippen LogP contribution < -0.4 is 14.8 Å². The Kier molecular flexibility index (Phi) is 5.21. The number of methoxy groups -OCH3 is 2. The van der Waals surface area contributed by atoms with Crippen LogP contribution in [-0.4, -0.2) is 39.2 Å². The number of esters is 1. The van der Waals surface area contributed by atoms with Gasteiger partial charge in [0.1, 0.15) is 0 Å². The number of carbonyl (C=O) groups is 2. The molecule has 152 valence electrons. The summed E-state index contributed by atoms with van der Waals surface area (Å²) in [5.41, 5.74) is 0.601. The van der Waals surface area contributed by atoms with Crippen molar-refractivity contribution < 1.29 is 23.8 Å². The number of amides is 1. The Hall–Kier alpha value is -2.24. The minimum absolute atomic E-state index is 0.232. The maximum Gasteiger partial charge on any atom is 0.338 e. The van der Waals surface area contributed by atoms with E-state index >= 15 is 0 Å². The Balaban J connectivity index is 1.27. The third-order valence-corrected chi connectivity index (χ3v) is 6.78. The highest BCUT2D eigenvalue weighted by Gasteiger charge is 2.50. The van der Waals surface area contributed by atoms with E-state index in [9.17, 15) is 9.59 Å². The van der Waals surface area contributed by atoms with Crippen molar-refractivity contribution in [3.05, 3.63) is 23.8 Å². The first kappa shape index (κ1) is 19.1. The van der Waals surface area contributed by atoms with Crippen LogP contribution in [0, 0.1) is 23.2 Å². The molecule has 4 aliphatic rings. The fraction of sp³-hybridized carbons (Fsp3) is 0.636. The summed E-state index contributed by atoms with van der Waals surface area (Å²) in [7, 11) is 3.04. The molecule has 1 N–H and O–H groups in total. The zero-order valence-electron chi connectivity index (χ0n) is 16.7. The van der Waals surface area contributed by atoms with Crippen molar-refractivity contribution >= 4 is 11.9 Å². The van der Waals surface area contributed by atoms with E-state index in [1.807, 2.05) is 0 Å². The Morgan fingerprint density at radius 1 is 1.00 bits per heavy atom. The highest BCUT2D eigenvalue weighted by atomic mass is 16.5. The van der Waals surface area contributed by atoms with E-state index in [4.69, 9.17) is 14.2 Å². The largest absolute Gasteiger partial charge is 0.493 e. The second-order valence-corrected chi connectivity index (χ2v) is 8.84. The van der Waals surface area contributed by atoms with E-state index < -0.39 is 5.97 Å². The van der Waals surface area contributed by atoms with Gasteiger partial charge in [0.2, 0.25) is 0 Å². The lowest BCUT2D eigenvalue weighted by molar-refractivity contribution is -0.126. The van der Waals surface area contributed by atoms with Gasteiger partial charge in [-0.15, -0.1) is 0 Å². The smallest absolute Gasteiger partial charge is 0.338 e. The zero-order valence-corrected chi connectivity index (χ0v) is 16.7. The van der Waals surface area contributed by atoms with E-state index in [-0.39, 0.29) is 17.9 Å². The maximum atomic E-state index is 12.3. The third kappa shape index (κ3) is 3.82. The van der Waals surface area contributed by atoms with Crippen LogP contribution in [0.25, 0.3) is 0 Å². The van der Waals surface area contributed by atoms with Crippen LogP contribution >= 0.6 is 0 Å². The van der Waals surface area contributed by atoms with Gasteiger partial charge in [-0.2, -0.15) is 0 Å². The first-order valence-corrected chi connectivity index (χ1v) is 10.2. The second kappa shape index (κ2) is 7.64. The standard InChI is InChI=1S/C22H29NO5/c1-26-18-4-3-17(8-19(18)27-2)21(25)28-12-20(24)23-13-22-9-14-5-15(10-22)7-16(6-14)11-22/h3-4,8,14-16H,5-7,9-13H2,1-2H3,(H,23,24). The summed E-state index contributed by atoms with van der Waals surface area (Å²) in [4.78, 5) is 24.5. The molecular formula is C22H29NO5. The van der Waals surface area contributed by atoms with Gasteiger partial charge in [0.05, 0.1) is 19.8 Å². The van der Waals surface area contributed by atoms with E-state index in [0.717, 1.165) is 17.8 Å². The SMILES string of the molecule is COc1ccc(C(=O)OCC(=O)NCC23CC4CC(CC(C4)C2)C3)cc1OC. The summed E-state index contributed by atoms with van der Waals surface area (Å²) in [6.45, 7) is 0.447. The van der Waals surface area contributed by atoms with Gasteiger partial charge in [0.25, 0.3) is 5.91 Å². The molecule has 0 heterocycles. The maximum absolute atomic E-state index is 12.3. The van der Waals surface area contributed by atoms with Crippen molar-refractivity contribution in [3.8, 4) is 11.5 Å².